The van der Waals surface area contributed by atoms with E-state index in [4.69, 9.17) is 0 Å². The second-order valence-electron chi connectivity index (χ2n) is 3.00. The highest BCUT2D eigenvalue weighted by atomic mass is 19.2. The first kappa shape index (κ1) is 11.6. The van der Waals surface area contributed by atoms with Crippen LogP contribution in [-0.2, 0) is 16.1 Å². The van der Waals surface area contributed by atoms with E-state index in [-0.39, 0.29) is 12.3 Å². The molecule has 1 rings (SSSR count). The summed E-state index contributed by atoms with van der Waals surface area (Å²) < 4.78 is 25.3. The molecule has 15 heavy (non-hydrogen) atoms. The molecule has 0 aliphatic rings. The van der Waals surface area contributed by atoms with Gasteiger partial charge in [-0.2, -0.15) is 0 Å². The molecule has 0 saturated carbocycles. The lowest BCUT2D eigenvalue weighted by Gasteiger charge is -2.13. The summed E-state index contributed by atoms with van der Waals surface area (Å²) in [6.45, 7) is 0. The molecule has 5 heteroatoms. The topological polar surface area (TPSA) is 29.5 Å². The molecule has 0 bridgehead atoms. The Labute approximate surface area is 86.2 Å². The lowest BCUT2D eigenvalue weighted by atomic mass is 10.1. The molecule has 0 radical (unpaired) electrons. The zero-order valence-corrected chi connectivity index (χ0v) is 8.46. The molecule has 0 spiro atoms. The SMILES string of the molecule is CON(C)C(=O)Cc1ccc(F)c(F)c1. The van der Waals surface area contributed by atoms with Crippen molar-refractivity contribution >= 4 is 5.91 Å². The Morgan fingerprint density at radius 1 is 1.40 bits per heavy atom. The fourth-order valence-electron chi connectivity index (χ4n) is 1.04. The van der Waals surface area contributed by atoms with E-state index in [0.29, 0.717) is 5.56 Å². The van der Waals surface area contributed by atoms with Gasteiger partial charge in [0.1, 0.15) is 0 Å². The van der Waals surface area contributed by atoms with Gasteiger partial charge in [0.05, 0.1) is 13.5 Å². The Balaban J connectivity index is 2.73. The van der Waals surface area contributed by atoms with Crippen LogP contribution in [0.5, 0.6) is 0 Å². The number of hydrogen-bond acceptors (Lipinski definition) is 2. The molecule has 0 aliphatic heterocycles. The van der Waals surface area contributed by atoms with Crippen molar-refractivity contribution in [3.8, 4) is 0 Å². The van der Waals surface area contributed by atoms with Gasteiger partial charge in [0.2, 0.25) is 5.91 Å². The third-order valence-electron chi connectivity index (χ3n) is 1.96. The predicted octanol–water partition coefficient (Wildman–Crippen LogP) is 1.53. The lowest BCUT2D eigenvalue weighted by Crippen LogP contribution is -2.26. The number of nitrogens with zero attached hydrogens (tertiary/aromatic N) is 1. The molecule has 0 N–H and O–H groups in total. The van der Waals surface area contributed by atoms with Crippen molar-refractivity contribution in [1.29, 1.82) is 0 Å². The van der Waals surface area contributed by atoms with Crippen molar-refractivity contribution in [3.05, 3.63) is 35.4 Å². The molecule has 0 aromatic heterocycles. The van der Waals surface area contributed by atoms with Gasteiger partial charge in [-0.15, -0.1) is 0 Å². The minimum absolute atomic E-state index is 0.0263. The van der Waals surface area contributed by atoms with Gasteiger partial charge in [-0.1, -0.05) is 6.07 Å². The minimum atomic E-state index is -0.958. The zero-order chi connectivity index (χ0) is 11.4. The van der Waals surface area contributed by atoms with Crippen LogP contribution in [0.15, 0.2) is 18.2 Å². The molecule has 3 nitrogen and oxygen atoms in total. The molecule has 0 heterocycles. The van der Waals surface area contributed by atoms with Crippen molar-refractivity contribution in [3.63, 3.8) is 0 Å². The van der Waals surface area contributed by atoms with Crippen LogP contribution in [0.3, 0.4) is 0 Å². The van der Waals surface area contributed by atoms with E-state index in [1.165, 1.54) is 20.2 Å². The van der Waals surface area contributed by atoms with Crippen LogP contribution in [0.1, 0.15) is 5.56 Å². The standard InChI is InChI=1S/C10H11F2NO2/c1-13(15-2)10(14)6-7-3-4-8(11)9(12)5-7/h3-5H,6H2,1-2H3. The van der Waals surface area contributed by atoms with Crippen molar-refractivity contribution in [2.45, 2.75) is 6.42 Å². The number of hydroxylamine groups is 2. The Kier molecular flexibility index (Phi) is 3.74. The van der Waals surface area contributed by atoms with Crippen LogP contribution in [0, 0.1) is 11.6 Å². The molecule has 0 fully saturated rings. The van der Waals surface area contributed by atoms with Crippen LogP contribution in [0.25, 0.3) is 0 Å². The van der Waals surface area contributed by atoms with E-state index in [2.05, 4.69) is 4.84 Å². The largest absolute Gasteiger partial charge is 0.275 e. The highest BCUT2D eigenvalue weighted by molar-refractivity contribution is 5.77. The van der Waals surface area contributed by atoms with Gasteiger partial charge < -0.3 is 0 Å². The quantitative estimate of drug-likeness (QED) is 0.715. The van der Waals surface area contributed by atoms with E-state index < -0.39 is 11.6 Å². The Morgan fingerprint density at radius 2 is 2.07 bits per heavy atom. The summed E-state index contributed by atoms with van der Waals surface area (Å²) in [6.07, 6.45) is -0.0263. The summed E-state index contributed by atoms with van der Waals surface area (Å²) in [5.74, 6) is -2.21. The summed E-state index contributed by atoms with van der Waals surface area (Å²) >= 11 is 0. The Hall–Kier alpha value is -1.49. The molecule has 82 valence electrons. The van der Waals surface area contributed by atoms with Crippen LogP contribution < -0.4 is 0 Å². The number of halogens is 2. The summed E-state index contributed by atoms with van der Waals surface area (Å²) in [5.41, 5.74) is 0.405. The highest BCUT2D eigenvalue weighted by Gasteiger charge is 2.10. The van der Waals surface area contributed by atoms with Crippen LogP contribution in [0.2, 0.25) is 0 Å². The molecule has 1 aromatic rings. The second kappa shape index (κ2) is 4.84. The van der Waals surface area contributed by atoms with Crippen LogP contribution >= 0.6 is 0 Å². The normalized spacial score (nSPS) is 10.1. The van der Waals surface area contributed by atoms with Gasteiger partial charge in [0.25, 0.3) is 0 Å². The number of likely N-dealkylation sites (N-methyl/N-ethyl adjacent to an activating group) is 1. The average Bonchev–Trinajstić information content (AvgIpc) is 2.22. The summed E-state index contributed by atoms with van der Waals surface area (Å²) in [7, 11) is 2.80. The van der Waals surface area contributed by atoms with Gasteiger partial charge in [-0.05, 0) is 17.7 Å². The molecule has 0 unspecified atom stereocenters. The van der Waals surface area contributed by atoms with Crippen LogP contribution in [0.4, 0.5) is 8.78 Å². The highest BCUT2D eigenvalue weighted by Crippen LogP contribution is 2.09. The van der Waals surface area contributed by atoms with E-state index in [9.17, 15) is 13.6 Å². The fraction of sp³-hybridized carbons (Fsp3) is 0.300. The zero-order valence-electron chi connectivity index (χ0n) is 8.46. The maximum absolute atomic E-state index is 12.8. The number of carbonyl (C=O) groups is 1. The molecule has 1 aromatic carbocycles. The van der Waals surface area contributed by atoms with Gasteiger partial charge in [0.15, 0.2) is 11.6 Å². The molecule has 0 atom stereocenters. The van der Waals surface area contributed by atoms with E-state index in [0.717, 1.165) is 17.2 Å². The third kappa shape index (κ3) is 2.99. The number of rotatable bonds is 3. The summed E-state index contributed by atoms with van der Waals surface area (Å²) in [4.78, 5) is 16.0. The summed E-state index contributed by atoms with van der Waals surface area (Å²) in [5, 5.41) is 1.03. The van der Waals surface area contributed by atoms with Gasteiger partial charge in [0, 0.05) is 7.05 Å². The van der Waals surface area contributed by atoms with Crippen LogP contribution in [-0.4, -0.2) is 25.1 Å². The molecule has 0 aliphatic carbocycles. The van der Waals surface area contributed by atoms with E-state index >= 15 is 0 Å². The number of hydrogen-bond donors (Lipinski definition) is 0. The summed E-state index contributed by atoms with van der Waals surface area (Å²) in [6, 6.07) is 3.35. The van der Waals surface area contributed by atoms with Gasteiger partial charge in [-0.3, -0.25) is 9.63 Å². The number of benzene rings is 1. The molecule has 1 amide bonds. The Bertz CT molecular complexity index is 368. The monoisotopic (exact) mass is 215 g/mol. The van der Waals surface area contributed by atoms with Crippen molar-refractivity contribution < 1.29 is 18.4 Å². The first-order valence-corrected chi connectivity index (χ1v) is 4.29. The first-order chi connectivity index (χ1) is 7.04. The smallest absolute Gasteiger partial charge is 0.250 e. The maximum Gasteiger partial charge on any atom is 0.250 e. The second-order valence-corrected chi connectivity index (χ2v) is 3.00. The Morgan fingerprint density at radius 3 is 2.60 bits per heavy atom. The van der Waals surface area contributed by atoms with Crippen molar-refractivity contribution in [2.75, 3.05) is 14.2 Å². The molecular formula is C10H11F2NO2. The van der Waals surface area contributed by atoms with Gasteiger partial charge in [-0.25, -0.2) is 13.8 Å². The average molecular weight is 215 g/mol. The number of amides is 1. The third-order valence-corrected chi connectivity index (χ3v) is 1.96. The minimum Gasteiger partial charge on any atom is -0.275 e. The van der Waals surface area contributed by atoms with Crippen molar-refractivity contribution in [1.82, 2.24) is 5.06 Å². The molecular weight excluding hydrogens is 204 g/mol. The number of carbonyl (C=O) groups excluding carboxylic acids is 1. The maximum atomic E-state index is 12.8. The fourth-order valence-corrected chi connectivity index (χ4v) is 1.04. The lowest BCUT2D eigenvalue weighted by molar-refractivity contribution is -0.167. The van der Waals surface area contributed by atoms with E-state index in [1.54, 1.807) is 0 Å². The van der Waals surface area contributed by atoms with Crippen molar-refractivity contribution in [2.24, 2.45) is 0 Å². The predicted molar refractivity (Wildman–Crippen MR) is 49.8 cm³/mol. The first-order valence-electron chi connectivity index (χ1n) is 4.29. The molecule has 0 saturated heterocycles. The van der Waals surface area contributed by atoms with E-state index in [1.807, 2.05) is 0 Å². The van der Waals surface area contributed by atoms with Gasteiger partial charge >= 0.3 is 0 Å².